The summed E-state index contributed by atoms with van der Waals surface area (Å²) in [5.74, 6) is 0.279. The van der Waals surface area contributed by atoms with Gasteiger partial charge in [0.25, 0.3) is 0 Å². The Kier molecular flexibility index (Phi) is 6.85. The second-order valence-electron chi connectivity index (χ2n) is 8.49. The number of carbonyl (C=O) groups is 2. The Hall–Kier alpha value is -2.18. The molecule has 160 valence electrons. The number of nitrogens with zero attached hydrogens (tertiary/aromatic N) is 1. The third kappa shape index (κ3) is 5.49. The Labute approximate surface area is 182 Å². The maximum atomic E-state index is 13.0. The number of benzene rings is 1. The maximum absolute atomic E-state index is 13.0. The monoisotopic (exact) mass is 426 g/mol. The number of hydrogen-bond acceptors (Lipinski definition) is 4. The smallest absolute Gasteiger partial charge is 0.222 e. The van der Waals surface area contributed by atoms with Gasteiger partial charge in [0.15, 0.2) is 0 Å². The topological polar surface area (TPSA) is 58.6 Å². The molecule has 0 bridgehead atoms. The molecule has 2 atom stereocenters. The summed E-state index contributed by atoms with van der Waals surface area (Å²) in [5.41, 5.74) is 0.879. The number of hydrogen-bond donors (Lipinski definition) is 1. The molecular weight excluding hydrogens is 396 g/mol. The van der Waals surface area contributed by atoms with Crippen molar-refractivity contribution in [2.75, 3.05) is 13.1 Å². The van der Waals surface area contributed by atoms with E-state index < -0.39 is 0 Å². The van der Waals surface area contributed by atoms with E-state index in [0.717, 1.165) is 37.8 Å². The number of nitrogens with one attached hydrogen (secondary N) is 1. The van der Waals surface area contributed by atoms with E-state index in [1.165, 1.54) is 4.88 Å². The number of rotatable bonds is 8. The molecule has 1 aromatic carbocycles. The molecule has 2 amide bonds. The van der Waals surface area contributed by atoms with E-state index in [9.17, 15) is 9.59 Å². The van der Waals surface area contributed by atoms with Crippen molar-refractivity contribution in [2.24, 2.45) is 0 Å². The van der Waals surface area contributed by atoms with Crippen molar-refractivity contribution in [3.05, 3.63) is 58.3 Å². The summed E-state index contributed by atoms with van der Waals surface area (Å²) < 4.78 is 6.08. The lowest BCUT2D eigenvalue weighted by Crippen LogP contribution is -2.46. The minimum absolute atomic E-state index is 0.0918. The number of thiophene rings is 1. The van der Waals surface area contributed by atoms with E-state index in [4.69, 9.17) is 4.74 Å². The third-order valence-electron chi connectivity index (χ3n) is 6.20. The summed E-state index contributed by atoms with van der Waals surface area (Å²) in [6, 6.07) is 14.3. The first-order valence-electron chi connectivity index (χ1n) is 10.9. The molecule has 2 fully saturated rings. The first kappa shape index (κ1) is 21.1. The fraction of sp³-hybridized carbons (Fsp3) is 0.500. The van der Waals surface area contributed by atoms with Crippen LogP contribution >= 0.6 is 11.3 Å². The molecule has 1 N–H and O–H groups in total. The average Bonchev–Trinajstić information content (AvgIpc) is 3.41. The van der Waals surface area contributed by atoms with Crippen LogP contribution in [-0.2, 0) is 27.4 Å². The molecule has 30 heavy (non-hydrogen) atoms. The normalized spacial score (nSPS) is 24.1. The van der Waals surface area contributed by atoms with E-state index in [-0.39, 0.29) is 23.5 Å². The maximum Gasteiger partial charge on any atom is 0.222 e. The van der Waals surface area contributed by atoms with Gasteiger partial charge in [0.1, 0.15) is 0 Å². The fourth-order valence-corrected chi connectivity index (χ4v) is 5.37. The highest BCUT2D eigenvalue weighted by Crippen LogP contribution is 2.31. The first-order chi connectivity index (χ1) is 14.6. The van der Waals surface area contributed by atoms with Crippen LogP contribution < -0.4 is 5.32 Å². The summed E-state index contributed by atoms with van der Waals surface area (Å²) in [5, 5.41) is 5.25. The molecule has 0 spiro atoms. The molecule has 0 saturated carbocycles. The summed E-state index contributed by atoms with van der Waals surface area (Å²) >= 11 is 1.71. The van der Waals surface area contributed by atoms with Gasteiger partial charge in [0, 0.05) is 42.8 Å². The minimum Gasteiger partial charge on any atom is -0.372 e. The zero-order valence-corrected chi connectivity index (χ0v) is 18.2. The Morgan fingerprint density at radius 2 is 2.10 bits per heavy atom. The number of carbonyl (C=O) groups excluding carboxylic acids is 2. The molecule has 0 unspecified atom stereocenters. The van der Waals surface area contributed by atoms with Gasteiger partial charge >= 0.3 is 0 Å². The van der Waals surface area contributed by atoms with Crippen molar-refractivity contribution in [3.8, 4) is 0 Å². The summed E-state index contributed by atoms with van der Waals surface area (Å²) in [4.78, 5) is 28.1. The second-order valence-corrected chi connectivity index (χ2v) is 9.52. The van der Waals surface area contributed by atoms with Crippen LogP contribution in [0.25, 0.3) is 0 Å². The zero-order chi connectivity index (χ0) is 20.8. The number of ether oxygens (including phenoxy) is 1. The Bertz CT molecular complexity index is 839. The fourth-order valence-electron chi connectivity index (χ4n) is 4.52. The van der Waals surface area contributed by atoms with Gasteiger partial charge in [-0.05, 0) is 42.7 Å². The SMILES string of the molecule is O=C1CC[C@](CCC(=O)N2CCC[C@H](OCc3ccccc3)C2)(Cc2cccs2)N1. The number of amides is 2. The number of likely N-dealkylation sites (tertiary alicyclic amines) is 1. The van der Waals surface area contributed by atoms with E-state index in [1.54, 1.807) is 11.3 Å². The molecule has 2 aliphatic heterocycles. The minimum atomic E-state index is -0.281. The zero-order valence-electron chi connectivity index (χ0n) is 17.3. The molecular formula is C24H30N2O3S. The third-order valence-corrected chi connectivity index (χ3v) is 7.08. The van der Waals surface area contributed by atoms with Crippen LogP contribution in [-0.4, -0.2) is 41.4 Å². The first-order valence-corrected chi connectivity index (χ1v) is 11.8. The van der Waals surface area contributed by atoms with Gasteiger partial charge in [0.2, 0.25) is 11.8 Å². The van der Waals surface area contributed by atoms with Gasteiger partial charge in [-0.3, -0.25) is 9.59 Å². The summed E-state index contributed by atoms with van der Waals surface area (Å²) in [6.07, 6.45) is 5.40. The van der Waals surface area contributed by atoms with Crippen LogP contribution in [0.3, 0.4) is 0 Å². The molecule has 1 aromatic heterocycles. The average molecular weight is 427 g/mol. The Morgan fingerprint density at radius 3 is 2.83 bits per heavy atom. The standard InChI is InChI=1S/C24H30N2O3S/c27-22-10-12-24(25-22,16-21-9-5-15-30-21)13-11-23(28)26-14-4-8-20(17-26)29-18-19-6-2-1-3-7-19/h1-3,5-7,9,15,20H,4,8,10-14,16-18H2,(H,25,27)/t20-,24-/m0/s1. The highest BCUT2D eigenvalue weighted by Gasteiger charge is 2.38. The van der Waals surface area contributed by atoms with Gasteiger partial charge in [-0.2, -0.15) is 0 Å². The van der Waals surface area contributed by atoms with Crippen LogP contribution in [0.15, 0.2) is 47.8 Å². The van der Waals surface area contributed by atoms with Crippen LogP contribution in [0.4, 0.5) is 0 Å². The molecule has 6 heteroatoms. The summed E-state index contributed by atoms with van der Waals surface area (Å²) in [7, 11) is 0. The molecule has 2 aliphatic rings. The second kappa shape index (κ2) is 9.75. The van der Waals surface area contributed by atoms with E-state index in [1.807, 2.05) is 29.2 Å². The van der Waals surface area contributed by atoms with Crippen molar-refractivity contribution >= 4 is 23.2 Å². The lowest BCUT2D eigenvalue weighted by atomic mass is 9.87. The molecule has 0 aliphatic carbocycles. The van der Waals surface area contributed by atoms with Gasteiger partial charge in [0.05, 0.1) is 12.7 Å². The molecule has 2 aromatic rings. The van der Waals surface area contributed by atoms with Crippen molar-refractivity contribution in [2.45, 2.75) is 63.2 Å². The Morgan fingerprint density at radius 1 is 1.23 bits per heavy atom. The van der Waals surface area contributed by atoms with Crippen LogP contribution in [0.1, 0.15) is 49.0 Å². The molecule has 5 nitrogen and oxygen atoms in total. The van der Waals surface area contributed by atoms with Crippen LogP contribution in [0, 0.1) is 0 Å². The lowest BCUT2D eigenvalue weighted by Gasteiger charge is -2.34. The summed E-state index contributed by atoms with van der Waals surface area (Å²) in [6.45, 7) is 2.05. The van der Waals surface area contributed by atoms with E-state index in [0.29, 0.717) is 32.4 Å². The highest BCUT2D eigenvalue weighted by molar-refractivity contribution is 7.09. The Balaban J connectivity index is 1.29. The van der Waals surface area contributed by atoms with Gasteiger partial charge in [-0.1, -0.05) is 36.4 Å². The number of piperidine rings is 1. The molecule has 2 saturated heterocycles. The molecule has 3 heterocycles. The highest BCUT2D eigenvalue weighted by atomic mass is 32.1. The van der Waals surface area contributed by atoms with Gasteiger partial charge in [-0.15, -0.1) is 11.3 Å². The predicted octanol–water partition coefficient (Wildman–Crippen LogP) is 3.93. The predicted molar refractivity (Wildman–Crippen MR) is 118 cm³/mol. The van der Waals surface area contributed by atoms with Crippen molar-refractivity contribution in [3.63, 3.8) is 0 Å². The van der Waals surface area contributed by atoms with Crippen LogP contribution in [0.5, 0.6) is 0 Å². The van der Waals surface area contributed by atoms with Crippen molar-refractivity contribution in [1.29, 1.82) is 0 Å². The molecule has 0 radical (unpaired) electrons. The van der Waals surface area contributed by atoms with Gasteiger partial charge in [-0.25, -0.2) is 0 Å². The van der Waals surface area contributed by atoms with Gasteiger partial charge < -0.3 is 15.0 Å². The van der Waals surface area contributed by atoms with Crippen LogP contribution in [0.2, 0.25) is 0 Å². The van der Waals surface area contributed by atoms with E-state index in [2.05, 4.69) is 28.9 Å². The quantitative estimate of drug-likeness (QED) is 0.696. The van der Waals surface area contributed by atoms with E-state index >= 15 is 0 Å². The molecule has 4 rings (SSSR count). The van der Waals surface area contributed by atoms with Crippen molar-refractivity contribution < 1.29 is 14.3 Å². The van der Waals surface area contributed by atoms with Crippen molar-refractivity contribution in [1.82, 2.24) is 10.2 Å². The largest absolute Gasteiger partial charge is 0.372 e. The lowest BCUT2D eigenvalue weighted by molar-refractivity contribution is -0.136.